The van der Waals surface area contributed by atoms with E-state index >= 15 is 0 Å². The summed E-state index contributed by atoms with van der Waals surface area (Å²) in [5.41, 5.74) is -0.108. The highest BCUT2D eigenvalue weighted by atomic mass is 16.6. The third-order valence-electron chi connectivity index (χ3n) is 3.34. The smallest absolute Gasteiger partial charge is 0.352 e. The zero-order chi connectivity index (χ0) is 13.2. The number of nitrogens with zero attached hydrogens (tertiary/aromatic N) is 1. The molecular weight excluding hydrogens is 230 g/mol. The second-order valence-electron chi connectivity index (χ2n) is 4.31. The lowest BCUT2D eigenvalue weighted by Crippen LogP contribution is -2.47. The van der Waals surface area contributed by atoms with Crippen LogP contribution in [0.1, 0.15) is 25.8 Å². The molecule has 18 heavy (non-hydrogen) atoms. The van der Waals surface area contributed by atoms with Gasteiger partial charge in [-0.15, -0.1) is 0 Å². The van der Waals surface area contributed by atoms with E-state index < -0.39 is 5.60 Å². The third kappa shape index (κ3) is 1.88. The van der Waals surface area contributed by atoms with Gasteiger partial charge in [-0.25, -0.2) is 9.79 Å². The Labute approximate surface area is 107 Å². The molecular formula is C14H17NO3. The van der Waals surface area contributed by atoms with Crippen molar-refractivity contribution >= 4 is 11.9 Å². The summed E-state index contributed by atoms with van der Waals surface area (Å²) in [4.78, 5) is 16.4. The van der Waals surface area contributed by atoms with Gasteiger partial charge in [0, 0.05) is 5.56 Å². The van der Waals surface area contributed by atoms with E-state index in [1.165, 1.54) is 7.11 Å². The van der Waals surface area contributed by atoms with Gasteiger partial charge in [-0.1, -0.05) is 25.1 Å². The van der Waals surface area contributed by atoms with Crippen LogP contribution in [0.3, 0.4) is 0 Å². The van der Waals surface area contributed by atoms with Crippen molar-refractivity contribution in [2.24, 2.45) is 4.99 Å². The molecule has 0 fully saturated rings. The number of ether oxygens (including phenoxy) is 2. The maximum absolute atomic E-state index is 11.9. The number of rotatable bonds is 3. The van der Waals surface area contributed by atoms with Gasteiger partial charge in [-0.3, -0.25) is 0 Å². The van der Waals surface area contributed by atoms with Gasteiger partial charge >= 0.3 is 5.97 Å². The average molecular weight is 247 g/mol. The Bertz CT molecular complexity index is 469. The fraction of sp³-hybridized carbons (Fsp3) is 0.429. The molecule has 2 rings (SSSR count). The minimum Gasteiger partial charge on any atom is -0.466 e. The number of esters is 1. The van der Waals surface area contributed by atoms with Gasteiger partial charge in [-0.05, 0) is 25.5 Å². The fourth-order valence-electron chi connectivity index (χ4n) is 2.18. The largest absolute Gasteiger partial charge is 0.466 e. The lowest BCUT2D eigenvalue weighted by molar-refractivity contribution is -0.160. The Morgan fingerprint density at radius 1 is 1.44 bits per heavy atom. The van der Waals surface area contributed by atoms with Gasteiger partial charge in [0.2, 0.25) is 11.5 Å². The number of carbonyl (C=O) groups is 1. The lowest BCUT2D eigenvalue weighted by Gasteiger charge is -2.27. The predicted molar refractivity (Wildman–Crippen MR) is 68.6 cm³/mol. The molecule has 96 valence electrons. The van der Waals surface area contributed by atoms with E-state index in [-0.39, 0.29) is 12.0 Å². The van der Waals surface area contributed by atoms with Crippen LogP contribution in [-0.4, -0.2) is 30.6 Å². The van der Waals surface area contributed by atoms with Crippen LogP contribution in [0.25, 0.3) is 0 Å². The number of aliphatic imine (C=N–C) groups is 1. The number of hydrogen-bond donors (Lipinski definition) is 0. The van der Waals surface area contributed by atoms with Gasteiger partial charge in [0.1, 0.15) is 6.04 Å². The van der Waals surface area contributed by atoms with Crippen molar-refractivity contribution in [2.75, 3.05) is 7.11 Å². The molecule has 0 N–H and O–H groups in total. The number of carbonyl (C=O) groups excluding carboxylic acids is 1. The zero-order valence-electron chi connectivity index (χ0n) is 10.8. The Kier molecular flexibility index (Phi) is 3.36. The summed E-state index contributed by atoms with van der Waals surface area (Å²) in [6.07, 6.45) is 0.528. The second-order valence-corrected chi connectivity index (χ2v) is 4.31. The van der Waals surface area contributed by atoms with Crippen LogP contribution >= 0.6 is 0 Å². The topological polar surface area (TPSA) is 47.9 Å². The molecule has 0 saturated carbocycles. The molecule has 1 aliphatic heterocycles. The molecule has 0 aromatic heterocycles. The maximum Gasteiger partial charge on any atom is 0.352 e. The maximum atomic E-state index is 11.9. The van der Waals surface area contributed by atoms with Crippen LogP contribution in [-0.2, 0) is 14.3 Å². The van der Waals surface area contributed by atoms with E-state index in [1.807, 2.05) is 44.2 Å². The zero-order valence-corrected chi connectivity index (χ0v) is 10.8. The van der Waals surface area contributed by atoms with Crippen molar-refractivity contribution < 1.29 is 14.3 Å². The average Bonchev–Trinajstić information content (AvgIpc) is 2.77. The monoisotopic (exact) mass is 247 g/mol. The SMILES string of the molecule is CC[C@]1(C(=O)OC)OC(c2ccccc2)=N[C@H]1C. The van der Waals surface area contributed by atoms with E-state index in [1.54, 1.807) is 0 Å². The summed E-state index contributed by atoms with van der Waals surface area (Å²) in [5, 5.41) is 0. The predicted octanol–water partition coefficient (Wildman–Crippen LogP) is 2.17. The van der Waals surface area contributed by atoms with Gasteiger partial charge in [0.15, 0.2) is 0 Å². The Hall–Kier alpha value is -1.84. The standard InChI is InChI=1S/C14H17NO3/c1-4-14(13(16)17-3)10(2)15-12(18-14)11-8-6-5-7-9-11/h5-10H,4H2,1-3H3/t10-,14-/m0/s1. The quantitative estimate of drug-likeness (QED) is 0.769. The highest BCUT2D eigenvalue weighted by molar-refractivity contribution is 5.99. The van der Waals surface area contributed by atoms with Gasteiger partial charge < -0.3 is 9.47 Å². The first kappa shape index (κ1) is 12.6. The first-order valence-corrected chi connectivity index (χ1v) is 6.04. The Balaban J connectivity index is 2.31. The van der Waals surface area contributed by atoms with Crippen LogP contribution < -0.4 is 0 Å². The molecule has 0 aliphatic carbocycles. The molecule has 0 radical (unpaired) electrons. The third-order valence-corrected chi connectivity index (χ3v) is 3.34. The Morgan fingerprint density at radius 2 is 2.11 bits per heavy atom. The van der Waals surface area contributed by atoms with Crippen molar-refractivity contribution in [1.82, 2.24) is 0 Å². The summed E-state index contributed by atoms with van der Waals surface area (Å²) in [6, 6.07) is 9.33. The Morgan fingerprint density at radius 3 is 2.67 bits per heavy atom. The molecule has 0 bridgehead atoms. The highest BCUT2D eigenvalue weighted by Crippen LogP contribution is 2.32. The van der Waals surface area contributed by atoms with Crippen LogP contribution in [0, 0.1) is 0 Å². The van der Waals surface area contributed by atoms with Crippen molar-refractivity contribution in [3.63, 3.8) is 0 Å². The minimum absolute atomic E-state index is 0.245. The fourth-order valence-corrected chi connectivity index (χ4v) is 2.18. The van der Waals surface area contributed by atoms with Gasteiger partial charge in [0.05, 0.1) is 7.11 Å². The normalized spacial score (nSPS) is 26.4. The van der Waals surface area contributed by atoms with E-state index in [9.17, 15) is 4.79 Å². The second kappa shape index (κ2) is 4.80. The van der Waals surface area contributed by atoms with Crippen molar-refractivity contribution in [1.29, 1.82) is 0 Å². The highest BCUT2D eigenvalue weighted by Gasteiger charge is 2.50. The van der Waals surface area contributed by atoms with E-state index in [0.717, 1.165) is 5.56 Å². The number of benzene rings is 1. The number of hydrogen-bond acceptors (Lipinski definition) is 4. The lowest BCUT2D eigenvalue weighted by atomic mass is 9.93. The summed E-state index contributed by atoms with van der Waals surface area (Å²) >= 11 is 0. The van der Waals surface area contributed by atoms with Gasteiger partial charge in [-0.2, -0.15) is 0 Å². The first-order valence-electron chi connectivity index (χ1n) is 6.04. The molecule has 4 heteroatoms. The summed E-state index contributed by atoms with van der Waals surface area (Å²) in [5.74, 6) is 0.141. The molecule has 1 aliphatic rings. The molecule has 0 spiro atoms. The molecule has 0 saturated heterocycles. The first-order chi connectivity index (χ1) is 8.64. The van der Waals surface area contributed by atoms with Crippen LogP contribution in [0.5, 0.6) is 0 Å². The molecule has 4 nitrogen and oxygen atoms in total. The molecule has 2 atom stereocenters. The van der Waals surface area contributed by atoms with Crippen molar-refractivity contribution in [3.8, 4) is 0 Å². The van der Waals surface area contributed by atoms with E-state index in [2.05, 4.69) is 4.99 Å². The van der Waals surface area contributed by atoms with Crippen LogP contribution in [0.4, 0.5) is 0 Å². The molecule has 0 unspecified atom stereocenters. The molecule has 1 aromatic rings. The van der Waals surface area contributed by atoms with E-state index in [0.29, 0.717) is 12.3 Å². The molecule has 1 heterocycles. The van der Waals surface area contributed by atoms with Crippen LogP contribution in [0.15, 0.2) is 35.3 Å². The van der Waals surface area contributed by atoms with E-state index in [4.69, 9.17) is 9.47 Å². The number of methoxy groups -OCH3 is 1. The van der Waals surface area contributed by atoms with Crippen molar-refractivity contribution in [2.45, 2.75) is 31.9 Å². The van der Waals surface area contributed by atoms with Crippen molar-refractivity contribution in [3.05, 3.63) is 35.9 Å². The molecule has 1 aromatic carbocycles. The molecule has 0 amide bonds. The summed E-state index contributed by atoms with van der Waals surface area (Å²) < 4.78 is 10.7. The summed E-state index contributed by atoms with van der Waals surface area (Å²) in [6.45, 7) is 3.77. The van der Waals surface area contributed by atoms with Gasteiger partial charge in [0.25, 0.3) is 0 Å². The van der Waals surface area contributed by atoms with Crippen LogP contribution in [0.2, 0.25) is 0 Å². The summed E-state index contributed by atoms with van der Waals surface area (Å²) in [7, 11) is 1.37. The minimum atomic E-state index is -0.986.